The molecule has 1 heterocycles. The van der Waals surface area contributed by atoms with Gasteiger partial charge in [0.25, 0.3) is 0 Å². The Morgan fingerprint density at radius 2 is 2.50 bits per heavy atom. The van der Waals surface area contributed by atoms with Crippen LogP contribution in [0.25, 0.3) is 0 Å². The minimum absolute atomic E-state index is 0.307. The van der Waals surface area contributed by atoms with Gasteiger partial charge in [0.15, 0.2) is 0 Å². The van der Waals surface area contributed by atoms with Gasteiger partial charge in [-0.3, -0.25) is 0 Å². The molecule has 4 heteroatoms. The van der Waals surface area contributed by atoms with Gasteiger partial charge in [-0.25, -0.2) is 9.67 Å². The average Bonchev–Trinajstić information content (AvgIpc) is 2.62. The van der Waals surface area contributed by atoms with Gasteiger partial charge in [-0.05, 0) is 13.3 Å². The van der Waals surface area contributed by atoms with Crippen LogP contribution < -0.4 is 5.32 Å². The van der Waals surface area contributed by atoms with E-state index in [4.69, 9.17) is 0 Å². The van der Waals surface area contributed by atoms with E-state index in [1.54, 1.807) is 6.33 Å². The maximum absolute atomic E-state index is 4.20. The van der Waals surface area contributed by atoms with E-state index in [1.165, 1.54) is 0 Å². The summed E-state index contributed by atoms with van der Waals surface area (Å²) in [5, 5.41) is 7.44. The van der Waals surface area contributed by atoms with Crippen LogP contribution in [-0.4, -0.2) is 20.8 Å². The van der Waals surface area contributed by atoms with Crippen LogP contribution in [0.15, 0.2) is 19.0 Å². The van der Waals surface area contributed by atoms with Gasteiger partial charge >= 0.3 is 0 Å². The van der Waals surface area contributed by atoms with Crippen molar-refractivity contribution in [1.82, 2.24) is 20.1 Å². The Balaban J connectivity index is 2.48. The lowest BCUT2D eigenvalue weighted by atomic mass is 10.3. The number of nitrogens with one attached hydrogen (secondary N) is 1. The molecule has 0 aliphatic carbocycles. The monoisotopic (exact) mass is 194 g/mol. The highest BCUT2D eigenvalue weighted by atomic mass is 15.3. The lowest BCUT2D eigenvalue weighted by molar-refractivity contribution is 0.530. The van der Waals surface area contributed by atoms with Gasteiger partial charge in [-0.1, -0.05) is 13.0 Å². The van der Waals surface area contributed by atoms with Crippen molar-refractivity contribution in [2.24, 2.45) is 0 Å². The number of hydrogen-bond acceptors (Lipinski definition) is 3. The van der Waals surface area contributed by atoms with Gasteiger partial charge in [0, 0.05) is 12.6 Å². The Labute approximate surface area is 85.0 Å². The lowest BCUT2D eigenvalue weighted by Crippen LogP contribution is -2.25. The lowest BCUT2D eigenvalue weighted by Gasteiger charge is -2.09. The Kier molecular flexibility index (Phi) is 4.32. The van der Waals surface area contributed by atoms with Crippen LogP contribution in [0.3, 0.4) is 0 Å². The highest BCUT2D eigenvalue weighted by Crippen LogP contribution is 1.96. The molecule has 0 aliphatic rings. The minimum Gasteiger partial charge on any atom is -0.304 e. The van der Waals surface area contributed by atoms with E-state index in [-0.39, 0.29) is 0 Å². The van der Waals surface area contributed by atoms with E-state index in [1.807, 2.05) is 10.8 Å². The van der Waals surface area contributed by atoms with Gasteiger partial charge in [-0.15, -0.1) is 6.58 Å². The van der Waals surface area contributed by atoms with Crippen LogP contribution >= 0.6 is 0 Å². The molecule has 0 saturated carbocycles. The summed E-state index contributed by atoms with van der Waals surface area (Å²) in [5.74, 6) is 0.987. The zero-order valence-electron chi connectivity index (χ0n) is 8.90. The van der Waals surface area contributed by atoms with E-state index in [0.29, 0.717) is 6.04 Å². The normalized spacial score (nSPS) is 12.7. The number of hydrogen-bond donors (Lipinski definition) is 1. The number of aromatic nitrogens is 3. The summed E-state index contributed by atoms with van der Waals surface area (Å²) in [7, 11) is 0. The molecule has 0 aliphatic heterocycles. The summed E-state index contributed by atoms with van der Waals surface area (Å²) in [6.45, 7) is 9.58. The van der Waals surface area contributed by atoms with Crippen molar-refractivity contribution in [3.63, 3.8) is 0 Å². The van der Waals surface area contributed by atoms with Crippen LogP contribution in [0.1, 0.15) is 26.1 Å². The van der Waals surface area contributed by atoms with E-state index >= 15 is 0 Å². The third-order valence-corrected chi connectivity index (χ3v) is 2.07. The summed E-state index contributed by atoms with van der Waals surface area (Å²) in [6, 6.07) is 0.307. The predicted octanol–water partition coefficient (Wildman–Crippen LogP) is 1.35. The van der Waals surface area contributed by atoms with Gasteiger partial charge in [0.05, 0.1) is 6.54 Å². The third kappa shape index (κ3) is 2.96. The molecule has 1 aromatic heterocycles. The van der Waals surface area contributed by atoms with E-state index < -0.39 is 0 Å². The molecule has 14 heavy (non-hydrogen) atoms. The Morgan fingerprint density at radius 1 is 1.71 bits per heavy atom. The number of aryl methyl sites for hydroxylation is 1. The molecule has 78 valence electrons. The standard InChI is InChI=1S/C10H18N4/c1-4-6-14-10(12-8-13-14)7-11-9(3)5-2/h5,8-9,11H,2,4,6-7H2,1,3H3. The first kappa shape index (κ1) is 10.9. The SMILES string of the molecule is C=CC(C)NCc1ncnn1CCC. The van der Waals surface area contributed by atoms with Crippen molar-refractivity contribution in [3.8, 4) is 0 Å². The highest BCUT2D eigenvalue weighted by molar-refractivity contribution is 4.88. The first-order chi connectivity index (χ1) is 6.77. The summed E-state index contributed by atoms with van der Waals surface area (Å²) in [4.78, 5) is 4.20. The second-order valence-corrected chi connectivity index (χ2v) is 3.30. The summed E-state index contributed by atoms with van der Waals surface area (Å²) in [5.41, 5.74) is 0. The van der Waals surface area contributed by atoms with Crippen LogP contribution in [0.4, 0.5) is 0 Å². The fraction of sp³-hybridized carbons (Fsp3) is 0.600. The van der Waals surface area contributed by atoms with E-state index in [0.717, 1.165) is 25.3 Å². The van der Waals surface area contributed by atoms with Gasteiger partial charge in [0.2, 0.25) is 0 Å². The zero-order valence-corrected chi connectivity index (χ0v) is 8.90. The summed E-state index contributed by atoms with van der Waals surface area (Å²) in [6.07, 6.45) is 4.55. The number of rotatable bonds is 6. The van der Waals surface area contributed by atoms with Crippen LogP contribution in [0.5, 0.6) is 0 Å². The largest absolute Gasteiger partial charge is 0.304 e. The average molecular weight is 194 g/mol. The third-order valence-electron chi connectivity index (χ3n) is 2.07. The molecule has 0 spiro atoms. The van der Waals surface area contributed by atoms with Gasteiger partial charge in [0.1, 0.15) is 12.2 Å². The topological polar surface area (TPSA) is 42.7 Å². The molecule has 4 nitrogen and oxygen atoms in total. The molecular formula is C10H18N4. The molecule has 1 N–H and O–H groups in total. The number of nitrogens with zero attached hydrogens (tertiary/aromatic N) is 3. The van der Waals surface area contributed by atoms with Crippen LogP contribution in [0.2, 0.25) is 0 Å². The molecule has 0 radical (unpaired) electrons. The van der Waals surface area contributed by atoms with E-state index in [2.05, 4.69) is 35.8 Å². The Morgan fingerprint density at radius 3 is 3.14 bits per heavy atom. The quantitative estimate of drug-likeness (QED) is 0.695. The Bertz CT molecular complexity index is 279. The molecule has 0 aromatic carbocycles. The van der Waals surface area contributed by atoms with Gasteiger partial charge in [-0.2, -0.15) is 5.10 Å². The predicted molar refractivity (Wildman–Crippen MR) is 56.8 cm³/mol. The van der Waals surface area contributed by atoms with Crippen molar-refractivity contribution < 1.29 is 0 Å². The molecule has 0 amide bonds. The molecule has 1 unspecified atom stereocenters. The van der Waals surface area contributed by atoms with Crippen molar-refractivity contribution in [2.75, 3.05) is 0 Å². The van der Waals surface area contributed by atoms with Crippen molar-refractivity contribution >= 4 is 0 Å². The van der Waals surface area contributed by atoms with Crippen LogP contribution in [-0.2, 0) is 13.1 Å². The highest BCUT2D eigenvalue weighted by Gasteiger charge is 2.03. The second kappa shape index (κ2) is 5.54. The van der Waals surface area contributed by atoms with E-state index in [9.17, 15) is 0 Å². The molecule has 1 atom stereocenters. The zero-order chi connectivity index (χ0) is 10.4. The van der Waals surface area contributed by atoms with Crippen molar-refractivity contribution in [1.29, 1.82) is 0 Å². The smallest absolute Gasteiger partial charge is 0.140 e. The van der Waals surface area contributed by atoms with Crippen LogP contribution in [0, 0.1) is 0 Å². The van der Waals surface area contributed by atoms with Gasteiger partial charge < -0.3 is 5.32 Å². The maximum atomic E-state index is 4.20. The fourth-order valence-corrected chi connectivity index (χ4v) is 1.16. The summed E-state index contributed by atoms with van der Waals surface area (Å²) < 4.78 is 1.93. The first-order valence-corrected chi connectivity index (χ1v) is 5.00. The summed E-state index contributed by atoms with van der Waals surface area (Å²) >= 11 is 0. The van der Waals surface area contributed by atoms with Crippen molar-refractivity contribution in [3.05, 3.63) is 24.8 Å². The molecule has 1 rings (SSSR count). The molecule has 0 fully saturated rings. The van der Waals surface area contributed by atoms with Crippen molar-refractivity contribution in [2.45, 2.75) is 39.4 Å². The Hall–Kier alpha value is -1.16. The minimum atomic E-state index is 0.307. The fourth-order valence-electron chi connectivity index (χ4n) is 1.16. The second-order valence-electron chi connectivity index (χ2n) is 3.30. The molecule has 1 aromatic rings. The molecular weight excluding hydrogens is 176 g/mol. The first-order valence-electron chi connectivity index (χ1n) is 5.00. The molecule has 0 bridgehead atoms. The maximum Gasteiger partial charge on any atom is 0.140 e. The molecule has 0 saturated heterocycles.